The molecule has 2 aliphatic rings. The normalized spacial score (nSPS) is 29.5. The number of fused-ring (bicyclic) bond motifs is 1. The highest BCUT2D eigenvalue weighted by Gasteiger charge is 2.47. The molecule has 0 bridgehead atoms. The molecule has 2 unspecified atom stereocenters. The predicted molar refractivity (Wildman–Crippen MR) is 68.5 cm³/mol. The zero-order chi connectivity index (χ0) is 13.6. The van der Waals surface area contributed by atoms with E-state index in [1.54, 1.807) is 11.7 Å². The average molecular weight is 306 g/mol. The van der Waals surface area contributed by atoms with E-state index < -0.39 is 9.05 Å². The van der Waals surface area contributed by atoms with Gasteiger partial charge in [0.1, 0.15) is 5.82 Å². The van der Waals surface area contributed by atoms with E-state index in [0.29, 0.717) is 19.1 Å². The highest BCUT2D eigenvalue weighted by molar-refractivity contribution is 8.13. The topological polar surface area (TPSA) is 74.1 Å². The summed E-state index contributed by atoms with van der Waals surface area (Å²) in [5.74, 6) is 2.64. The summed E-state index contributed by atoms with van der Waals surface area (Å²) < 4.78 is 29.7. The number of aromatic nitrogens is 3. The molecule has 2 fully saturated rings. The van der Waals surface area contributed by atoms with Crippen LogP contribution < -0.4 is 0 Å². The summed E-state index contributed by atoms with van der Waals surface area (Å²) in [5, 5.41) is 7.66. The minimum absolute atomic E-state index is 0.165. The molecule has 1 aromatic rings. The van der Waals surface area contributed by atoms with Gasteiger partial charge in [-0.2, -0.15) is 0 Å². The lowest BCUT2D eigenvalue weighted by Crippen LogP contribution is -2.15. The van der Waals surface area contributed by atoms with Crippen LogP contribution in [0.5, 0.6) is 0 Å². The van der Waals surface area contributed by atoms with Gasteiger partial charge in [0.15, 0.2) is 0 Å². The molecule has 2 atom stereocenters. The van der Waals surface area contributed by atoms with Crippen molar-refractivity contribution in [3.63, 3.8) is 0 Å². The second-order valence-corrected chi connectivity index (χ2v) is 7.81. The monoisotopic (exact) mass is 305 g/mol. The number of methoxy groups -OCH3 is 1. The number of halogens is 1. The number of rotatable bonds is 5. The van der Waals surface area contributed by atoms with Crippen molar-refractivity contribution in [1.82, 2.24) is 14.8 Å². The van der Waals surface area contributed by atoms with Gasteiger partial charge in [-0.1, -0.05) is 0 Å². The average Bonchev–Trinajstić information content (AvgIpc) is 2.77. The summed E-state index contributed by atoms with van der Waals surface area (Å²) in [6, 6.07) is 0. The summed E-state index contributed by atoms with van der Waals surface area (Å²) in [5.41, 5.74) is 0. The van der Waals surface area contributed by atoms with Gasteiger partial charge in [0.05, 0.1) is 6.61 Å². The largest absolute Gasteiger partial charge is 0.383 e. The molecule has 0 spiro atoms. The molecule has 0 radical (unpaired) electrons. The standard InChI is InChI=1S/C11H16ClN3O3S/c1-18-3-2-15-10(9-5-7-4-8(7)6-9)13-14-11(15)19(12,16)17/h7-9H,2-6H2,1H3. The lowest BCUT2D eigenvalue weighted by atomic mass is 10.0. The van der Waals surface area contributed by atoms with Crippen LogP contribution in [0.1, 0.15) is 31.0 Å². The summed E-state index contributed by atoms with van der Waals surface area (Å²) in [4.78, 5) is 0. The highest BCUT2D eigenvalue weighted by Crippen LogP contribution is 2.57. The second kappa shape index (κ2) is 4.71. The Labute approximate surface area is 116 Å². The Hall–Kier alpha value is -0.660. The van der Waals surface area contributed by atoms with Crippen molar-refractivity contribution in [2.24, 2.45) is 11.8 Å². The Morgan fingerprint density at radius 3 is 2.58 bits per heavy atom. The van der Waals surface area contributed by atoms with Gasteiger partial charge in [-0.05, 0) is 31.1 Å². The van der Waals surface area contributed by atoms with Gasteiger partial charge in [0.2, 0.25) is 0 Å². The maximum atomic E-state index is 11.5. The molecular formula is C11H16ClN3O3S. The fourth-order valence-corrected chi connectivity index (χ4v) is 4.03. The zero-order valence-electron chi connectivity index (χ0n) is 10.6. The van der Waals surface area contributed by atoms with Crippen LogP contribution in [0.3, 0.4) is 0 Å². The maximum absolute atomic E-state index is 11.5. The van der Waals surface area contributed by atoms with E-state index in [9.17, 15) is 8.42 Å². The van der Waals surface area contributed by atoms with Crippen LogP contribution in [0.25, 0.3) is 0 Å². The molecule has 106 valence electrons. The van der Waals surface area contributed by atoms with E-state index in [2.05, 4.69) is 10.2 Å². The van der Waals surface area contributed by atoms with Gasteiger partial charge in [-0.25, -0.2) is 8.42 Å². The van der Waals surface area contributed by atoms with Crippen molar-refractivity contribution < 1.29 is 13.2 Å². The van der Waals surface area contributed by atoms with E-state index in [-0.39, 0.29) is 5.16 Å². The molecular weight excluding hydrogens is 290 g/mol. The molecule has 2 aliphatic carbocycles. The fourth-order valence-electron chi connectivity index (χ4n) is 3.10. The van der Waals surface area contributed by atoms with Crippen molar-refractivity contribution in [3.05, 3.63) is 5.82 Å². The summed E-state index contributed by atoms with van der Waals surface area (Å²) in [6.45, 7) is 0.815. The molecule has 8 heteroatoms. The molecule has 2 saturated carbocycles. The number of hydrogen-bond acceptors (Lipinski definition) is 5. The predicted octanol–water partition coefficient (Wildman–Crippen LogP) is 1.37. The molecule has 3 rings (SSSR count). The van der Waals surface area contributed by atoms with E-state index >= 15 is 0 Å². The van der Waals surface area contributed by atoms with Crippen LogP contribution in [0.15, 0.2) is 5.16 Å². The number of hydrogen-bond donors (Lipinski definition) is 0. The third-order valence-electron chi connectivity index (χ3n) is 4.09. The van der Waals surface area contributed by atoms with Gasteiger partial charge in [-0.3, -0.25) is 4.57 Å². The first kappa shape index (κ1) is 13.3. The lowest BCUT2D eigenvalue weighted by molar-refractivity contribution is 0.183. The van der Waals surface area contributed by atoms with Gasteiger partial charge >= 0.3 is 0 Å². The van der Waals surface area contributed by atoms with Crippen molar-refractivity contribution in [3.8, 4) is 0 Å². The van der Waals surface area contributed by atoms with Crippen LogP contribution in [0.4, 0.5) is 0 Å². The molecule has 0 aliphatic heterocycles. The maximum Gasteiger partial charge on any atom is 0.296 e. The summed E-state index contributed by atoms with van der Waals surface area (Å²) in [7, 11) is 3.11. The van der Waals surface area contributed by atoms with Crippen molar-refractivity contribution in [1.29, 1.82) is 0 Å². The van der Waals surface area contributed by atoms with Gasteiger partial charge < -0.3 is 4.74 Å². The first-order chi connectivity index (χ1) is 9.00. The molecule has 1 heterocycles. The molecule has 19 heavy (non-hydrogen) atoms. The third-order valence-corrected chi connectivity index (χ3v) is 5.24. The Morgan fingerprint density at radius 2 is 2.00 bits per heavy atom. The van der Waals surface area contributed by atoms with Crippen LogP contribution >= 0.6 is 10.7 Å². The van der Waals surface area contributed by atoms with Gasteiger partial charge in [0.25, 0.3) is 14.2 Å². The van der Waals surface area contributed by atoms with Crippen molar-refractivity contribution in [2.45, 2.75) is 36.9 Å². The molecule has 0 N–H and O–H groups in total. The van der Waals surface area contributed by atoms with E-state index in [1.807, 2.05) is 0 Å². The molecule has 0 amide bonds. The van der Waals surface area contributed by atoms with Crippen LogP contribution in [-0.2, 0) is 20.3 Å². The van der Waals surface area contributed by atoms with Crippen molar-refractivity contribution in [2.75, 3.05) is 13.7 Å². The van der Waals surface area contributed by atoms with Gasteiger partial charge in [0, 0.05) is 30.3 Å². The number of nitrogens with zero attached hydrogens (tertiary/aromatic N) is 3. The first-order valence-corrected chi connectivity index (χ1v) is 8.68. The van der Waals surface area contributed by atoms with Crippen LogP contribution in [0.2, 0.25) is 0 Å². The SMILES string of the molecule is COCCn1c(C2CC3CC3C2)nnc1S(=O)(=O)Cl. The summed E-state index contributed by atoms with van der Waals surface area (Å²) in [6.07, 6.45) is 3.47. The first-order valence-electron chi connectivity index (χ1n) is 6.37. The Bertz CT molecular complexity index is 576. The Kier molecular flexibility index (Phi) is 3.31. The van der Waals surface area contributed by atoms with E-state index in [0.717, 1.165) is 30.5 Å². The lowest BCUT2D eigenvalue weighted by Gasteiger charge is -2.14. The molecule has 1 aromatic heterocycles. The fraction of sp³-hybridized carbons (Fsp3) is 0.818. The van der Waals surface area contributed by atoms with E-state index in [1.165, 1.54) is 6.42 Å². The molecule has 6 nitrogen and oxygen atoms in total. The third kappa shape index (κ3) is 2.51. The quantitative estimate of drug-likeness (QED) is 0.768. The molecule has 0 saturated heterocycles. The highest BCUT2D eigenvalue weighted by atomic mass is 35.7. The minimum Gasteiger partial charge on any atom is -0.383 e. The van der Waals surface area contributed by atoms with Crippen molar-refractivity contribution >= 4 is 19.7 Å². The van der Waals surface area contributed by atoms with Crippen LogP contribution in [-0.4, -0.2) is 36.9 Å². The Balaban J connectivity index is 1.92. The molecule has 0 aromatic carbocycles. The summed E-state index contributed by atoms with van der Waals surface area (Å²) >= 11 is 0. The minimum atomic E-state index is -3.87. The second-order valence-electron chi connectivity index (χ2n) is 5.35. The smallest absolute Gasteiger partial charge is 0.296 e. The van der Waals surface area contributed by atoms with Gasteiger partial charge in [-0.15, -0.1) is 10.2 Å². The van der Waals surface area contributed by atoms with Crippen LogP contribution in [0, 0.1) is 11.8 Å². The van der Waals surface area contributed by atoms with E-state index in [4.69, 9.17) is 15.4 Å². The number of ether oxygens (including phenoxy) is 1. The Morgan fingerprint density at radius 1 is 1.32 bits per heavy atom. The zero-order valence-corrected chi connectivity index (χ0v) is 12.2.